The van der Waals surface area contributed by atoms with Crippen LogP contribution in [-0.2, 0) is 9.59 Å². The Morgan fingerprint density at radius 1 is 1.04 bits per heavy atom. The molecule has 0 aliphatic heterocycles. The summed E-state index contributed by atoms with van der Waals surface area (Å²) in [6.07, 6.45) is 2.18. The van der Waals surface area contributed by atoms with Crippen molar-refractivity contribution in [3.8, 4) is 11.5 Å². The van der Waals surface area contributed by atoms with E-state index in [1.807, 2.05) is 25.1 Å². The van der Waals surface area contributed by atoms with Crippen LogP contribution in [-0.4, -0.2) is 19.0 Å². The number of fused-ring (bicyclic) bond motifs is 1. The molecule has 2 rings (SSSR count). The zero-order valence-electron chi connectivity index (χ0n) is 13.0. The van der Waals surface area contributed by atoms with Crippen LogP contribution in [0.4, 0.5) is 5.69 Å². The molecule has 5 heteroatoms. The highest BCUT2D eigenvalue weighted by Gasteiger charge is 2.17. The maximum absolute atomic E-state index is 11.6. The predicted molar refractivity (Wildman–Crippen MR) is 89.9 cm³/mol. The summed E-state index contributed by atoms with van der Waals surface area (Å²) < 4.78 is 10.6. The third-order valence-corrected chi connectivity index (χ3v) is 3.22. The fourth-order valence-corrected chi connectivity index (χ4v) is 2.15. The summed E-state index contributed by atoms with van der Waals surface area (Å²) in [5.74, 6) is -0.424. The maximum Gasteiger partial charge on any atom is 0.335 e. The second-order valence-corrected chi connectivity index (χ2v) is 4.80. The second kappa shape index (κ2) is 6.79. The SMILES string of the molecule is C=CC(=O)Oc1cc(NC)c(OC(=O)C=C)c2ccc(C)cc12. The summed E-state index contributed by atoms with van der Waals surface area (Å²) in [6.45, 7) is 8.71. The molecule has 0 aliphatic rings. The minimum absolute atomic E-state index is 0.353. The number of rotatable bonds is 5. The van der Waals surface area contributed by atoms with Crippen molar-refractivity contribution in [3.63, 3.8) is 0 Å². The lowest BCUT2D eigenvalue weighted by Gasteiger charge is -2.15. The molecule has 2 aromatic carbocycles. The Hall–Kier alpha value is -3.08. The van der Waals surface area contributed by atoms with Gasteiger partial charge in [0.25, 0.3) is 0 Å². The number of hydrogen-bond acceptors (Lipinski definition) is 5. The standard InChI is InChI=1S/C18H17NO4/c1-5-16(20)22-15-10-14(19-4)18(23-17(21)6-2)12-8-7-11(3)9-13(12)15/h5-10,19H,1-2H2,3-4H3. The van der Waals surface area contributed by atoms with E-state index in [9.17, 15) is 9.59 Å². The van der Waals surface area contributed by atoms with E-state index in [1.165, 1.54) is 0 Å². The third kappa shape index (κ3) is 3.40. The summed E-state index contributed by atoms with van der Waals surface area (Å²) in [6, 6.07) is 7.15. The van der Waals surface area contributed by atoms with Crippen LogP contribution in [0.3, 0.4) is 0 Å². The van der Waals surface area contributed by atoms with Crippen LogP contribution in [0, 0.1) is 6.92 Å². The van der Waals surface area contributed by atoms with Gasteiger partial charge in [0.15, 0.2) is 5.75 Å². The van der Waals surface area contributed by atoms with Crippen molar-refractivity contribution in [1.82, 2.24) is 0 Å². The second-order valence-electron chi connectivity index (χ2n) is 4.80. The fraction of sp³-hybridized carbons (Fsp3) is 0.111. The average molecular weight is 311 g/mol. The van der Waals surface area contributed by atoms with E-state index in [4.69, 9.17) is 9.47 Å². The Kier molecular flexibility index (Phi) is 4.81. The summed E-state index contributed by atoms with van der Waals surface area (Å²) in [5.41, 5.74) is 1.50. The number of aryl methyl sites for hydroxylation is 1. The lowest BCUT2D eigenvalue weighted by Crippen LogP contribution is -2.08. The van der Waals surface area contributed by atoms with Crippen molar-refractivity contribution in [1.29, 1.82) is 0 Å². The van der Waals surface area contributed by atoms with Gasteiger partial charge in [-0.15, -0.1) is 0 Å². The molecule has 1 N–H and O–H groups in total. The minimum atomic E-state index is -0.570. The van der Waals surface area contributed by atoms with Crippen molar-refractivity contribution in [3.05, 3.63) is 55.1 Å². The third-order valence-electron chi connectivity index (χ3n) is 3.22. The first-order valence-electron chi connectivity index (χ1n) is 6.93. The molecule has 5 nitrogen and oxygen atoms in total. The molecular weight excluding hydrogens is 294 g/mol. The van der Waals surface area contributed by atoms with Crippen molar-refractivity contribution >= 4 is 28.4 Å². The predicted octanol–water partition coefficient (Wildman–Crippen LogP) is 3.37. The molecule has 0 unspecified atom stereocenters. The van der Waals surface area contributed by atoms with Crippen LogP contribution in [0.15, 0.2) is 49.6 Å². The summed E-state index contributed by atoms with van der Waals surface area (Å²) >= 11 is 0. The molecule has 2 aromatic rings. The largest absolute Gasteiger partial charge is 0.423 e. The van der Waals surface area contributed by atoms with E-state index in [2.05, 4.69) is 18.5 Å². The molecule has 0 heterocycles. The van der Waals surface area contributed by atoms with Gasteiger partial charge < -0.3 is 14.8 Å². The van der Waals surface area contributed by atoms with Gasteiger partial charge in [-0.25, -0.2) is 9.59 Å². The Balaban J connectivity index is 2.73. The van der Waals surface area contributed by atoms with Crippen LogP contribution in [0.2, 0.25) is 0 Å². The Labute approximate surface area is 134 Å². The van der Waals surface area contributed by atoms with Gasteiger partial charge in [0.1, 0.15) is 5.75 Å². The van der Waals surface area contributed by atoms with E-state index < -0.39 is 11.9 Å². The molecule has 0 amide bonds. The molecule has 0 saturated carbocycles. The number of ether oxygens (including phenoxy) is 2. The fourth-order valence-electron chi connectivity index (χ4n) is 2.15. The van der Waals surface area contributed by atoms with Crippen LogP contribution in [0.25, 0.3) is 10.8 Å². The van der Waals surface area contributed by atoms with E-state index >= 15 is 0 Å². The number of benzene rings is 2. The molecule has 0 bridgehead atoms. The van der Waals surface area contributed by atoms with Gasteiger partial charge in [0, 0.05) is 36.0 Å². The first kappa shape index (κ1) is 16.3. The van der Waals surface area contributed by atoms with E-state index in [0.717, 1.165) is 17.7 Å². The van der Waals surface area contributed by atoms with Crippen LogP contribution >= 0.6 is 0 Å². The van der Waals surface area contributed by atoms with E-state index in [1.54, 1.807) is 13.1 Å². The topological polar surface area (TPSA) is 64.6 Å². The summed E-state index contributed by atoms with van der Waals surface area (Å²) in [4.78, 5) is 23.2. The van der Waals surface area contributed by atoms with Crippen molar-refractivity contribution in [2.45, 2.75) is 6.92 Å². The van der Waals surface area contributed by atoms with Crippen molar-refractivity contribution in [2.24, 2.45) is 0 Å². The average Bonchev–Trinajstić information content (AvgIpc) is 2.56. The van der Waals surface area contributed by atoms with Gasteiger partial charge in [-0.3, -0.25) is 0 Å². The number of hydrogen-bond donors (Lipinski definition) is 1. The highest BCUT2D eigenvalue weighted by molar-refractivity contribution is 6.02. The number of anilines is 1. The number of carbonyl (C=O) groups excluding carboxylic acids is 2. The van der Waals surface area contributed by atoms with Crippen LogP contribution < -0.4 is 14.8 Å². The highest BCUT2D eigenvalue weighted by atomic mass is 16.5. The summed E-state index contributed by atoms with van der Waals surface area (Å²) in [5, 5.41) is 4.24. The zero-order chi connectivity index (χ0) is 17.0. The van der Waals surface area contributed by atoms with Crippen molar-refractivity contribution < 1.29 is 19.1 Å². The van der Waals surface area contributed by atoms with Gasteiger partial charge in [0.05, 0.1) is 5.69 Å². The summed E-state index contributed by atoms with van der Waals surface area (Å²) in [7, 11) is 1.68. The quantitative estimate of drug-likeness (QED) is 0.521. The molecule has 0 radical (unpaired) electrons. The number of carbonyl (C=O) groups is 2. The Bertz CT molecular complexity index is 808. The molecule has 118 valence electrons. The molecule has 0 spiro atoms. The van der Waals surface area contributed by atoms with Crippen LogP contribution in [0.5, 0.6) is 11.5 Å². The smallest absolute Gasteiger partial charge is 0.335 e. The lowest BCUT2D eigenvalue weighted by molar-refractivity contribution is -0.129. The molecule has 0 atom stereocenters. The first-order valence-corrected chi connectivity index (χ1v) is 6.93. The monoisotopic (exact) mass is 311 g/mol. The van der Waals surface area contributed by atoms with E-state index in [-0.39, 0.29) is 0 Å². The molecular formula is C18H17NO4. The van der Waals surface area contributed by atoms with Gasteiger partial charge in [-0.05, 0) is 13.0 Å². The zero-order valence-corrected chi connectivity index (χ0v) is 13.0. The molecule has 0 saturated heterocycles. The van der Waals surface area contributed by atoms with Crippen molar-refractivity contribution in [2.75, 3.05) is 12.4 Å². The Morgan fingerprint density at radius 2 is 1.70 bits per heavy atom. The van der Waals surface area contributed by atoms with Gasteiger partial charge in [-0.2, -0.15) is 0 Å². The normalized spacial score (nSPS) is 10.0. The number of nitrogens with one attached hydrogen (secondary N) is 1. The first-order chi connectivity index (χ1) is 11.0. The minimum Gasteiger partial charge on any atom is -0.423 e. The molecule has 0 fully saturated rings. The van der Waals surface area contributed by atoms with Crippen LogP contribution in [0.1, 0.15) is 5.56 Å². The van der Waals surface area contributed by atoms with Gasteiger partial charge in [-0.1, -0.05) is 30.9 Å². The molecule has 0 aromatic heterocycles. The number of esters is 2. The molecule has 23 heavy (non-hydrogen) atoms. The molecule has 0 aliphatic carbocycles. The lowest BCUT2D eigenvalue weighted by atomic mass is 10.0. The Morgan fingerprint density at radius 3 is 2.30 bits per heavy atom. The van der Waals surface area contributed by atoms with Gasteiger partial charge >= 0.3 is 11.9 Å². The maximum atomic E-state index is 11.6. The highest BCUT2D eigenvalue weighted by Crippen LogP contribution is 2.40. The van der Waals surface area contributed by atoms with Gasteiger partial charge in [0.2, 0.25) is 0 Å². The van der Waals surface area contributed by atoms with E-state index in [0.29, 0.717) is 28.0 Å².